The normalized spacial score (nSPS) is 9.64. The minimum Gasteiger partial charge on any atom is -0.462 e. The van der Waals surface area contributed by atoms with Crippen LogP contribution >= 0.6 is 0 Å². The van der Waals surface area contributed by atoms with E-state index < -0.39 is 5.97 Å². The summed E-state index contributed by atoms with van der Waals surface area (Å²) >= 11 is 0. The number of aromatic nitrogens is 1. The molecule has 1 aromatic heterocycles. The fourth-order valence-corrected chi connectivity index (χ4v) is 0.582. The van der Waals surface area contributed by atoms with E-state index in [-0.39, 0.29) is 12.4 Å². The van der Waals surface area contributed by atoms with E-state index in [9.17, 15) is 4.79 Å². The van der Waals surface area contributed by atoms with Gasteiger partial charge >= 0.3 is 11.9 Å². The van der Waals surface area contributed by atoms with Crippen molar-refractivity contribution in [2.24, 2.45) is 5.73 Å². The second-order valence-electron chi connectivity index (χ2n) is 1.84. The Balaban J connectivity index is 2.80. The first kappa shape index (κ1) is 7.74. The van der Waals surface area contributed by atoms with E-state index in [1.807, 2.05) is 0 Å². The molecule has 0 saturated carbocycles. The van der Waals surface area contributed by atoms with Crippen molar-refractivity contribution in [3.05, 3.63) is 17.8 Å². The first-order valence-corrected chi connectivity index (χ1v) is 3.00. The molecule has 0 atom stereocenters. The lowest BCUT2D eigenvalue weighted by Gasteiger charge is -1.88. The molecule has 1 aromatic rings. The Morgan fingerprint density at radius 1 is 1.91 bits per heavy atom. The van der Waals surface area contributed by atoms with Crippen LogP contribution in [0.15, 0.2) is 10.7 Å². The third-order valence-corrected chi connectivity index (χ3v) is 1.12. The summed E-state index contributed by atoms with van der Waals surface area (Å²) in [6.07, 6.45) is 1.33. The number of oxazole rings is 1. The SMILES string of the molecule is COC(=O)c1nc(CN)co1. The van der Waals surface area contributed by atoms with Gasteiger partial charge in [-0.3, -0.25) is 0 Å². The lowest BCUT2D eigenvalue weighted by Crippen LogP contribution is -2.02. The van der Waals surface area contributed by atoms with Crippen molar-refractivity contribution < 1.29 is 13.9 Å². The van der Waals surface area contributed by atoms with Crippen molar-refractivity contribution in [1.82, 2.24) is 4.98 Å². The Labute approximate surface area is 63.2 Å². The van der Waals surface area contributed by atoms with Crippen LogP contribution in [0.1, 0.15) is 16.4 Å². The van der Waals surface area contributed by atoms with Gasteiger partial charge in [0.2, 0.25) is 0 Å². The van der Waals surface area contributed by atoms with E-state index in [0.29, 0.717) is 5.69 Å². The number of carbonyl (C=O) groups is 1. The molecule has 0 fully saturated rings. The predicted octanol–water partition coefficient (Wildman–Crippen LogP) is -0.0801. The van der Waals surface area contributed by atoms with Crippen molar-refractivity contribution in [3.8, 4) is 0 Å². The quantitative estimate of drug-likeness (QED) is 0.606. The molecule has 11 heavy (non-hydrogen) atoms. The first-order chi connectivity index (χ1) is 5.27. The maximum Gasteiger partial charge on any atom is 0.394 e. The van der Waals surface area contributed by atoms with E-state index in [2.05, 4.69) is 9.72 Å². The van der Waals surface area contributed by atoms with Gasteiger partial charge < -0.3 is 14.9 Å². The summed E-state index contributed by atoms with van der Waals surface area (Å²) < 4.78 is 9.10. The Kier molecular flexibility index (Phi) is 2.22. The molecule has 0 radical (unpaired) electrons. The zero-order valence-corrected chi connectivity index (χ0v) is 6.03. The second-order valence-corrected chi connectivity index (χ2v) is 1.84. The predicted molar refractivity (Wildman–Crippen MR) is 35.7 cm³/mol. The molecular formula is C6H8N2O3. The van der Waals surface area contributed by atoms with Gasteiger partial charge in [-0.25, -0.2) is 9.78 Å². The summed E-state index contributed by atoms with van der Waals surface area (Å²) in [7, 11) is 1.26. The number of nitrogens with zero attached hydrogens (tertiary/aromatic N) is 1. The van der Waals surface area contributed by atoms with Crippen LogP contribution in [0.2, 0.25) is 0 Å². The van der Waals surface area contributed by atoms with Gasteiger partial charge in [-0.15, -0.1) is 0 Å². The van der Waals surface area contributed by atoms with Gasteiger partial charge in [0.05, 0.1) is 12.8 Å². The average Bonchev–Trinajstić information content (AvgIpc) is 2.50. The molecule has 5 nitrogen and oxygen atoms in total. The Bertz CT molecular complexity index is 256. The van der Waals surface area contributed by atoms with Gasteiger partial charge in [0.25, 0.3) is 0 Å². The number of rotatable bonds is 2. The van der Waals surface area contributed by atoms with Crippen molar-refractivity contribution in [1.29, 1.82) is 0 Å². The fourth-order valence-electron chi connectivity index (χ4n) is 0.582. The van der Waals surface area contributed by atoms with Crippen LogP contribution < -0.4 is 5.73 Å². The number of carbonyl (C=O) groups excluding carboxylic acids is 1. The Morgan fingerprint density at radius 3 is 3.09 bits per heavy atom. The van der Waals surface area contributed by atoms with Gasteiger partial charge in [-0.1, -0.05) is 0 Å². The molecular weight excluding hydrogens is 148 g/mol. The third-order valence-electron chi connectivity index (χ3n) is 1.12. The molecule has 0 bridgehead atoms. The van der Waals surface area contributed by atoms with Gasteiger partial charge in [-0.2, -0.15) is 0 Å². The Hall–Kier alpha value is -1.36. The van der Waals surface area contributed by atoms with Crippen molar-refractivity contribution in [3.63, 3.8) is 0 Å². The van der Waals surface area contributed by atoms with E-state index in [4.69, 9.17) is 10.2 Å². The summed E-state index contributed by atoms with van der Waals surface area (Å²) in [5.41, 5.74) is 5.76. The molecule has 5 heteroatoms. The lowest BCUT2D eigenvalue weighted by molar-refractivity contribution is 0.0556. The molecule has 0 aliphatic rings. The molecule has 0 spiro atoms. The molecule has 60 valence electrons. The highest BCUT2D eigenvalue weighted by Gasteiger charge is 2.11. The fraction of sp³-hybridized carbons (Fsp3) is 0.333. The van der Waals surface area contributed by atoms with E-state index in [0.717, 1.165) is 0 Å². The van der Waals surface area contributed by atoms with Crippen molar-refractivity contribution in [2.45, 2.75) is 6.54 Å². The molecule has 0 saturated heterocycles. The summed E-state index contributed by atoms with van der Waals surface area (Å²) in [5, 5.41) is 0. The topological polar surface area (TPSA) is 78.3 Å². The van der Waals surface area contributed by atoms with Crippen LogP contribution in [0.3, 0.4) is 0 Å². The number of methoxy groups -OCH3 is 1. The lowest BCUT2D eigenvalue weighted by atomic mass is 10.5. The number of esters is 1. The summed E-state index contributed by atoms with van der Waals surface area (Å²) in [6, 6.07) is 0. The van der Waals surface area contributed by atoms with E-state index in [1.54, 1.807) is 0 Å². The third kappa shape index (κ3) is 1.56. The monoisotopic (exact) mass is 156 g/mol. The Morgan fingerprint density at radius 2 is 2.64 bits per heavy atom. The number of ether oxygens (including phenoxy) is 1. The van der Waals surface area contributed by atoms with Crippen LogP contribution in [-0.4, -0.2) is 18.1 Å². The van der Waals surface area contributed by atoms with Crippen LogP contribution in [0, 0.1) is 0 Å². The van der Waals surface area contributed by atoms with Gasteiger partial charge in [0.1, 0.15) is 6.26 Å². The molecule has 0 aliphatic heterocycles. The minimum atomic E-state index is -0.593. The van der Waals surface area contributed by atoms with Crippen LogP contribution in [0.25, 0.3) is 0 Å². The first-order valence-electron chi connectivity index (χ1n) is 3.00. The van der Waals surface area contributed by atoms with Gasteiger partial charge in [0.15, 0.2) is 0 Å². The standard InChI is InChI=1S/C6H8N2O3/c1-10-6(9)5-8-4(2-7)3-11-5/h3H,2,7H2,1H3. The summed E-state index contributed by atoms with van der Waals surface area (Å²) in [6.45, 7) is 0.250. The maximum atomic E-state index is 10.7. The maximum absolute atomic E-state index is 10.7. The van der Waals surface area contributed by atoms with Crippen LogP contribution in [0.5, 0.6) is 0 Å². The van der Waals surface area contributed by atoms with Crippen molar-refractivity contribution in [2.75, 3.05) is 7.11 Å². The zero-order valence-electron chi connectivity index (χ0n) is 6.03. The second kappa shape index (κ2) is 3.16. The number of hydrogen-bond acceptors (Lipinski definition) is 5. The average molecular weight is 156 g/mol. The van der Waals surface area contributed by atoms with Crippen LogP contribution in [0.4, 0.5) is 0 Å². The highest BCUT2D eigenvalue weighted by molar-refractivity contribution is 5.83. The molecule has 1 heterocycles. The molecule has 0 amide bonds. The van der Waals surface area contributed by atoms with Crippen molar-refractivity contribution >= 4 is 5.97 Å². The molecule has 0 unspecified atom stereocenters. The van der Waals surface area contributed by atoms with E-state index in [1.165, 1.54) is 13.4 Å². The molecule has 1 rings (SSSR count). The number of hydrogen-bond donors (Lipinski definition) is 1. The van der Waals surface area contributed by atoms with Gasteiger partial charge in [-0.05, 0) is 0 Å². The largest absolute Gasteiger partial charge is 0.462 e. The highest BCUT2D eigenvalue weighted by Crippen LogP contribution is 2.01. The summed E-state index contributed by atoms with van der Waals surface area (Å²) in [5.74, 6) is -0.655. The highest BCUT2D eigenvalue weighted by atomic mass is 16.5. The van der Waals surface area contributed by atoms with Crippen LogP contribution in [-0.2, 0) is 11.3 Å². The van der Waals surface area contributed by atoms with Gasteiger partial charge in [0, 0.05) is 6.54 Å². The molecule has 0 aromatic carbocycles. The molecule has 2 N–H and O–H groups in total. The van der Waals surface area contributed by atoms with E-state index >= 15 is 0 Å². The molecule has 0 aliphatic carbocycles. The summed E-state index contributed by atoms with van der Waals surface area (Å²) in [4.78, 5) is 14.5. The number of nitrogens with two attached hydrogens (primary N) is 1. The zero-order chi connectivity index (χ0) is 8.27. The smallest absolute Gasteiger partial charge is 0.394 e. The minimum absolute atomic E-state index is 0.0621.